The Balaban J connectivity index is 1.59. The lowest BCUT2D eigenvalue weighted by atomic mass is 9.96. The molecule has 0 fully saturated rings. The van der Waals surface area contributed by atoms with Crippen molar-refractivity contribution in [1.82, 2.24) is 24.1 Å². The maximum absolute atomic E-state index is 15.0. The normalized spacial score (nSPS) is 12.5. The third kappa shape index (κ3) is 4.54. The van der Waals surface area contributed by atoms with E-state index >= 15 is 4.39 Å². The van der Waals surface area contributed by atoms with Gasteiger partial charge in [0.25, 0.3) is 5.56 Å². The fourth-order valence-corrected chi connectivity index (χ4v) is 6.17. The van der Waals surface area contributed by atoms with Crippen LogP contribution in [0.15, 0.2) is 65.0 Å². The van der Waals surface area contributed by atoms with Crippen molar-refractivity contribution in [3.8, 4) is 28.1 Å². The summed E-state index contributed by atoms with van der Waals surface area (Å²) >= 11 is 1.51. The van der Waals surface area contributed by atoms with Crippen LogP contribution in [0.5, 0.6) is 5.75 Å². The highest BCUT2D eigenvalue weighted by Crippen LogP contribution is 2.37. The molecule has 208 valence electrons. The summed E-state index contributed by atoms with van der Waals surface area (Å²) in [5.41, 5.74) is 11.8. The number of fused-ring (bicyclic) bond motifs is 2. The minimum atomic E-state index is -0.504. The molecular formula is C31H29FN6O2S. The van der Waals surface area contributed by atoms with Gasteiger partial charge in [0.15, 0.2) is 17.2 Å². The van der Waals surface area contributed by atoms with Gasteiger partial charge in [-0.2, -0.15) is 5.10 Å². The second-order valence-electron chi connectivity index (χ2n) is 10.4. The number of nitrogen functional groups attached to an aromatic ring is 1. The zero-order valence-corrected chi connectivity index (χ0v) is 24.2. The summed E-state index contributed by atoms with van der Waals surface area (Å²) in [4.78, 5) is 23.6. The predicted molar refractivity (Wildman–Crippen MR) is 161 cm³/mol. The van der Waals surface area contributed by atoms with E-state index in [2.05, 4.69) is 9.97 Å². The zero-order valence-electron chi connectivity index (χ0n) is 23.3. The highest BCUT2D eigenvalue weighted by atomic mass is 32.1. The van der Waals surface area contributed by atoms with E-state index < -0.39 is 11.9 Å². The fourth-order valence-electron chi connectivity index (χ4n) is 5.24. The number of benzene rings is 2. The molecule has 6 aromatic rings. The van der Waals surface area contributed by atoms with Gasteiger partial charge in [-0.05, 0) is 70.0 Å². The summed E-state index contributed by atoms with van der Waals surface area (Å²) in [5, 5.41) is 7.40. The minimum Gasteiger partial charge on any atom is -0.488 e. The maximum Gasteiger partial charge on any atom is 0.264 e. The Hall–Kier alpha value is -4.57. The molecule has 10 heteroatoms. The third-order valence-corrected chi connectivity index (χ3v) is 8.12. The summed E-state index contributed by atoms with van der Waals surface area (Å²) in [5.74, 6) is -0.113. The summed E-state index contributed by atoms with van der Waals surface area (Å²) in [6, 6.07) is 14.2. The number of aryl methyl sites for hydroxylation is 2. The van der Waals surface area contributed by atoms with Crippen molar-refractivity contribution in [2.75, 3.05) is 5.73 Å². The number of anilines is 1. The van der Waals surface area contributed by atoms with Crippen LogP contribution in [0, 0.1) is 19.7 Å². The number of hydrogen-bond acceptors (Lipinski definition) is 7. The SMILES string of the molecule is Cc1cccc(-c2c([C@H](C)n3nc(-c4ccc(OC(C)C)c(F)c4)c4c(N)ncnc43)cc3scc(C)n3c2=O)c1. The number of ether oxygens (including phenoxy) is 1. The number of nitrogens with zero attached hydrogens (tertiary/aromatic N) is 5. The molecule has 0 amide bonds. The van der Waals surface area contributed by atoms with E-state index in [1.165, 1.54) is 23.7 Å². The Bertz CT molecular complexity index is 2010. The molecule has 0 bridgehead atoms. The Morgan fingerprint density at radius 1 is 1.02 bits per heavy atom. The molecule has 6 rings (SSSR count). The number of pyridine rings is 1. The quantitative estimate of drug-likeness (QED) is 0.244. The molecule has 0 unspecified atom stereocenters. The topological polar surface area (TPSA) is 100 Å². The van der Waals surface area contributed by atoms with Crippen LogP contribution in [0.2, 0.25) is 0 Å². The second-order valence-corrected chi connectivity index (χ2v) is 11.3. The van der Waals surface area contributed by atoms with Gasteiger partial charge in [-0.15, -0.1) is 11.3 Å². The van der Waals surface area contributed by atoms with Gasteiger partial charge in [-0.3, -0.25) is 9.20 Å². The minimum absolute atomic E-state index is 0.0951. The Morgan fingerprint density at radius 3 is 2.56 bits per heavy atom. The van der Waals surface area contributed by atoms with Gasteiger partial charge >= 0.3 is 0 Å². The fraction of sp³-hybridized carbons (Fsp3) is 0.226. The Kier molecular flexibility index (Phi) is 6.57. The molecule has 2 aromatic carbocycles. The molecule has 1 atom stereocenters. The first-order chi connectivity index (χ1) is 19.6. The third-order valence-electron chi connectivity index (χ3n) is 7.12. The van der Waals surface area contributed by atoms with Crippen LogP contribution in [0.25, 0.3) is 38.2 Å². The van der Waals surface area contributed by atoms with Crippen molar-refractivity contribution in [1.29, 1.82) is 0 Å². The van der Waals surface area contributed by atoms with E-state index in [1.54, 1.807) is 21.2 Å². The van der Waals surface area contributed by atoms with Gasteiger partial charge in [-0.25, -0.2) is 19.0 Å². The number of halogens is 1. The van der Waals surface area contributed by atoms with E-state index in [1.807, 2.05) is 70.3 Å². The molecule has 8 nitrogen and oxygen atoms in total. The highest BCUT2D eigenvalue weighted by Gasteiger charge is 2.26. The molecule has 0 aliphatic heterocycles. The average Bonchev–Trinajstić information content (AvgIpc) is 3.51. The van der Waals surface area contributed by atoms with Gasteiger partial charge < -0.3 is 10.5 Å². The number of rotatable bonds is 6. The molecule has 0 saturated carbocycles. The average molecular weight is 569 g/mol. The summed E-state index contributed by atoms with van der Waals surface area (Å²) in [6.07, 6.45) is 1.21. The maximum atomic E-state index is 15.0. The molecule has 0 aliphatic rings. The van der Waals surface area contributed by atoms with Crippen LogP contribution in [0.3, 0.4) is 0 Å². The van der Waals surface area contributed by atoms with E-state index in [9.17, 15) is 4.79 Å². The highest BCUT2D eigenvalue weighted by molar-refractivity contribution is 7.15. The summed E-state index contributed by atoms with van der Waals surface area (Å²) in [6.45, 7) is 9.58. The largest absolute Gasteiger partial charge is 0.488 e. The van der Waals surface area contributed by atoms with Crippen molar-refractivity contribution in [3.63, 3.8) is 0 Å². The summed E-state index contributed by atoms with van der Waals surface area (Å²) < 4.78 is 24.1. The van der Waals surface area contributed by atoms with E-state index in [4.69, 9.17) is 15.6 Å². The molecule has 0 spiro atoms. The standard InChI is InChI=1S/C31H29FN6O2S/c1-16(2)40-24-10-9-21(12-23(24)32)28-27-29(33)34-15-35-30(27)38(36-28)19(5)22-13-25-37(18(4)14-41-25)31(39)26(22)20-8-6-7-17(3)11-20/h6-16,19H,1-5H3,(H2,33,34,35)/t19-/m0/s1. The molecule has 4 heterocycles. The summed E-state index contributed by atoms with van der Waals surface area (Å²) in [7, 11) is 0. The van der Waals surface area contributed by atoms with Crippen LogP contribution in [-0.2, 0) is 0 Å². The van der Waals surface area contributed by atoms with Gasteiger partial charge in [0.1, 0.15) is 22.7 Å². The predicted octanol–water partition coefficient (Wildman–Crippen LogP) is 6.57. The first-order valence-electron chi connectivity index (χ1n) is 13.3. The lowest BCUT2D eigenvalue weighted by Crippen LogP contribution is -2.21. The molecule has 41 heavy (non-hydrogen) atoms. The van der Waals surface area contributed by atoms with Crippen molar-refractivity contribution < 1.29 is 9.13 Å². The number of thiazole rings is 1. The van der Waals surface area contributed by atoms with Crippen molar-refractivity contribution in [2.45, 2.75) is 46.8 Å². The molecule has 2 N–H and O–H groups in total. The zero-order chi connectivity index (χ0) is 29.0. The molecule has 4 aromatic heterocycles. The molecule has 0 aliphatic carbocycles. The van der Waals surface area contributed by atoms with E-state index in [0.29, 0.717) is 27.9 Å². The van der Waals surface area contributed by atoms with Crippen molar-refractivity contribution in [2.24, 2.45) is 0 Å². The molecule has 0 radical (unpaired) electrons. The van der Waals surface area contributed by atoms with Crippen molar-refractivity contribution in [3.05, 3.63) is 93.2 Å². The van der Waals surface area contributed by atoms with Crippen molar-refractivity contribution >= 4 is 33.0 Å². The second kappa shape index (κ2) is 10.1. The van der Waals surface area contributed by atoms with Crippen LogP contribution in [0.1, 0.15) is 43.6 Å². The van der Waals surface area contributed by atoms with Gasteiger partial charge in [0.2, 0.25) is 0 Å². The van der Waals surface area contributed by atoms with Crippen LogP contribution in [0.4, 0.5) is 10.2 Å². The first kappa shape index (κ1) is 26.6. The van der Waals surface area contributed by atoms with E-state index in [0.717, 1.165) is 27.2 Å². The van der Waals surface area contributed by atoms with Gasteiger partial charge in [0.05, 0.1) is 23.1 Å². The number of hydrogen-bond donors (Lipinski definition) is 1. The molecule has 0 saturated heterocycles. The van der Waals surface area contributed by atoms with Gasteiger partial charge in [-0.1, -0.05) is 29.8 Å². The van der Waals surface area contributed by atoms with Gasteiger partial charge in [0, 0.05) is 16.6 Å². The van der Waals surface area contributed by atoms with Crippen LogP contribution in [-0.4, -0.2) is 30.3 Å². The Morgan fingerprint density at radius 2 is 1.83 bits per heavy atom. The number of nitrogens with two attached hydrogens (primary N) is 1. The van der Waals surface area contributed by atoms with E-state index in [-0.39, 0.29) is 23.2 Å². The lowest BCUT2D eigenvalue weighted by Gasteiger charge is -2.18. The van der Waals surface area contributed by atoms with Crippen LogP contribution >= 0.6 is 11.3 Å². The molecular weight excluding hydrogens is 539 g/mol. The first-order valence-corrected chi connectivity index (χ1v) is 14.2. The van der Waals surface area contributed by atoms with Crippen LogP contribution < -0.4 is 16.0 Å². The lowest BCUT2D eigenvalue weighted by molar-refractivity contribution is 0.231. The monoisotopic (exact) mass is 568 g/mol. The smallest absolute Gasteiger partial charge is 0.264 e. The number of aromatic nitrogens is 5. The Labute approximate surface area is 239 Å².